The molecule has 1 saturated heterocycles. The molecule has 1 aromatic carbocycles. The van der Waals surface area contributed by atoms with Crippen LogP contribution in [0.25, 0.3) is 0 Å². The molecule has 1 aliphatic rings. The van der Waals surface area contributed by atoms with Crippen LogP contribution in [0.15, 0.2) is 30.3 Å². The fraction of sp³-hybridized carbons (Fsp3) is 0.538. The molecular formula is C13H18O3. The number of hydrogen-bond donors (Lipinski definition) is 1. The molecule has 0 spiro atoms. The zero-order chi connectivity index (χ0) is 11.2. The van der Waals surface area contributed by atoms with Crippen molar-refractivity contribution in [2.24, 2.45) is 5.92 Å². The second-order valence-corrected chi connectivity index (χ2v) is 4.21. The molecule has 3 nitrogen and oxygen atoms in total. The minimum Gasteiger partial charge on any atom is -0.491 e. The second-order valence-electron chi connectivity index (χ2n) is 4.21. The summed E-state index contributed by atoms with van der Waals surface area (Å²) in [6, 6.07) is 9.77. The minimum atomic E-state index is 0.169. The average Bonchev–Trinajstić information content (AvgIpc) is 2.38. The van der Waals surface area contributed by atoms with Crippen LogP contribution in [0.5, 0.6) is 5.75 Å². The normalized spacial score (nSPS) is 25.3. The molecule has 2 rings (SSSR count). The maximum atomic E-state index is 8.97. The summed E-state index contributed by atoms with van der Waals surface area (Å²) >= 11 is 0. The topological polar surface area (TPSA) is 38.7 Å². The van der Waals surface area contributed by atoms with Gasteiger partial charge in [0.2, 0.25) is 0 Å². The summed E-state index contributed by atoms with van der Waals surface area (Å²) in [5.41, 5.74) is 0. The van der Waals surface area contributed by atoms with Crippen molar-refractivity contribution in [1.82, 2.24) is 0 Å². The first-order valence-corrected chi connectivity index (χ1v) is 5.79. The summed E-state index contributed by atoms with van der Waals surface area (Å²) in [7, 11) is 0. The second kappa shape index (κ2) is 5.87. The first kappa shape index (κ1) is 11.4. The van der Waals surface area contributed by atoms with Gasteiger partial charge < -0.3 is 14.6 Å². The van der Waals surface area contributed by atoms with Crippen LogP contribution in [0.1, 0.15) is 12.8 Å². The van der Waals surface area contributed by atoms with Crippen molar-refractivity contribution >= 4 is 0 Å². The molecule has 16 heavy (non-hydrogen) atoms. The minimum absolute atomic E-state index is 0.169. The van der Waals surface area contributed by atoms with E-state index in [0.717, 1.165) is 18.6 Å². The van der Waals surface area contributed by atoms with E-state index in [1.165, 1.54) is 0 Å². The number of aliphatic hydroxyl groups is 1. The van der Waals surface area contributed by atoms with Gasteiger partial charge in [-0.05, 0) is 25.0 Å². The van der Waals surface area contributed by atoms with Gasteiger partial charge in [-0.2, -0.15) is 0 Å². The highest BCUT2D eigenvalue weighted by molar-refractivity contribution is 5.20. The summed E-state index contributed by atoms with van der Waals surface area (Å²) in [5.74, 6) is 1.20. The number of para-hydroxylation sites is 1. The summed E-state index contributed by atoms with van der Waals surface area (Å²) < 4.78 is 11.2. The molecule has 0 amide bonds. The lowest BCUT2D eigenvalue weighted by atomic mass is 10.00. The average molecular weight is 222 g/mol. The molecule has 88 valence electrons. The predicted molar refractivity (Wildman–Crippen MR) is 61.5 cm³/mol. The van der Waals surface area contributed by atoms with E-state index in [4.69, 9.17) is 14.6 Å². The van der Waals surface area contributed by atoms with Crippen molar-refractivity contribution in [3.8, 4) is 5.75 Å². The Hall–Kier alpha value is -1.06. The van der Waals surface area contributed by atoms with Crippen molar-refractivity contribution in [2.45, 2.75) is 18.9 Å². The van der Waals surface area contributed by atoms with Crippen LogP contribution >= 0.6 is 0 Å². The first-order valence-electron chi connectivity index (χ1n) is 5.79. The van der Waals surface area contributed by atoms with Gasteiger partial charge in [0.05, 0.1) is 12.7 Å². The Morgan fingerprint density at radius 1 is 1.25 bits per heavy atom. The third-order valence-corrected chi connectivity index (χ3v) is 2.90. The molecular weight excluding hydrogens is 204 g/mol. The number of aliphatic hydroxyl groups excluding tert-OH is 1. The highest BCUT2D eigenvalue weighted by Gasteiger charge is 2.21. The highest BCUT2D eigenvalue weighted by atomic mass is 16.5. The van der Waals surface area contributed by atoms with E-state index in [1.54, 1.807) is 0 Å². The van der Waals surface area contributed by atoms with Crippen LogP contribution in [0, 0.1) is 5.92 Å². The zero-order valence-corrected chi connectivity index (χ0v) is 9.34. The van der Waals surface area contributed by atoms with E-state index in [1.807, 2.05) is 30.3 Å². The monoisotopic (exact) mass is 222 g/mol. The molecule has 0 bridgehead atoms. The summed E-state index contributed by atoms with van der Waals surface area (Å²) in [4.78, 5) is 0. The van der Waals surface area contributed by atoms with E-state index in [0.29, 0.717) is 19.1 Å². The van der Waals surface area contributed by atoms with Crippen molar-refractivity contribution in [2.75, 3.05) is 19.8 Å². The van der Waals surface area contributed by atoms with Gasteiger partial charge in [0.25, 0.3) is 0 Å². The third kappa shape index (κ3) is 3.22. The lowest BCUT2D eigenvalue weighted by Gasteiger charge is -2.27. The SMILES string of the molecule is OC[C@@H]1CC[C@@H](COc2ccccc2)OC1. The maximum absolute atomic E-state index is 8.97. The van der Waals surface area contributed by atoms with Gasteiger partial charge in [-0.3, -0.25) is 0 Å². The molecule has 1 aromatic rings. The molecule has 0 aliphatic carbocycles. The van der Waals surface area contributed by atoms with E-state index in [-0.39, 0.29) is 12.7 Å². The Balaban J connectivity index is 1.72. The van der Waals surface area contributed by atoms with E-state index in [2.05, 4.69) is 0 Å². The van der Waals surface area contributed by atoms with Gasteiger partial charge in [0.15, 0.2) is 0 Å². The Kier molecular flexibility index (Phi) is 4.19. The van der Waals surface area contributed by atoms with Gasteiger partial charge in [-0.1, -0.05) is 18.2 Å². The molecule has 0 unspecified atom stereocenters. The molecule has 0 saturated carbocycles. The maximum Gasteiger partial charge on any atom is 0.119 e. The molecule has 1 aliphatic heterocycles. The van der Waals surface area contributed by atoms with Crippen LogP contribution in [0.3, 0.4) is 0 Å². The molecule has 3 heteroatoms. The van der Waals surface area contributed by atoms with Crippen molar-refractivity contribution in [3.05, 3.63) is 30.3 Å². The highest BCUT2D eigenvalue weighted by Crippen LogP contribution is 2.19. The van der Waals surface area contributed by atoms with Crippen LogP contribution in [0.4, 0.5) is 0 Å². The molecule has 1 heterocycles. The van der Waals surface area contributed by atoms with Gasteiger partial charge in [-0.15, -0.1) is 0 Å². The molecule has 0 radical (unpaired) electrons. The molecule has 0 aromatic heterocycles. The zero-order valence-electron chi connectivity index (χ0n) is 9.34. The van der Waals surface area contributed by atoms with Crippen molar-refractivity contribution < 1.29 is 14.6 Å². The van der Waals surface area contributed by atoms with Crippen LogP contribution < -0.4 is 4.74 Å². The Bertz CT molecular complexity index is 291. The van der Waals surface area contributed by atoms with Crippen LogP contribution in [-0.4, -0.2) is 31.0 Å². The Morgan fingerprint density at radius 2 is 2.06 bits per heavy atom. The lowest BCUT2D eigenvalue weighted by molar-refractivity contribution is -0.0484. The fourth-order valence-corrected chi connectivity index (χ4v) is 1.84. The Labute approximate surface area is 96.0 Å². The lowest BCUT2D eigenvalue weighted by Crippen LogP contribution is -2.31. The van der Waals surface area contributed by atoms with E-state index < -0.39 is 0 Å². The van der Waals surface area contributed by atoms with Gasteiger partial charge in [0, 0.05) is 12.5 Å². The molecule has 2 atom stereocenters. The van der Waals surface area contributed by atoms with Gasteiger partial charge >= 0.3 is 0 Å². The van der Waals surface area contributed by atoms with E-state index in [9.17, 15) is 0 Å². The number of rotatable bonds is 4. The summed E-state index contributed by atoms with van der Waals surface area (Å²) in [5, 5.41) is 8.97. The first-order chi connectivity index (χ1) is 7.88. The summed E-state index contributed by atoms with van der Waals surface area (Å²) in [6.45, 7) is 1.48. The van der Waals surface area contributed by atoms with Crippen molar-refractivity contribution in [3.63, 3.8) is 0 Å². The number of benzene rings is 1. The van der Waals surface area contributed by atoms with Crippen molar-refractivity contribution in [1.29, 1.82) is 0 Å². The number of hydrogen-bond acceptors (Lipinski definition) is 3. The van der Waals surface area contributed by atoms with Gasteiger partial charge in [0.1, 0.15) is 12.4 Å². The third-order valence-electron chi connectivity index (χ3n) is 2.90. The number of ether oxygens (including phenoxy) is 2. The van der Waals surface area contributed by atoms with Gasteiger partial charge in [-0.25, -0.2) is 0 Å². The molecule has 1 N–H and O–H groups in total. The quantitative estimate of drug-likeness (QED) is 0.845. The molecule has 1 fully saturated rings. The standard InChI is InChI=1S/C13H18O3/c14-8-11-6-7-13(15-9-11)10-16-12-4-2-1-3-5-12/h1-5,11,13-14H,6-10H2/t11-,13-/m0/s1. The van der Waals surface area contributed by atoms with E-state index >= 15 is 0 Å². The van der Waals surface area contributed by atoms with Crippen LogP contribution in [0.2, 0.25) is 0 Å². The van der Waals surface area contributed by atoms with Crippen LogP contribution in [-0.2, 0) is 4.74 Å². The smallest absolute Gasteiger partial charge is 0.119 e. The largest absolute Gasteiger partial charge is 0.491 e. The summed E-state index contributed by atoms with van der Waals surface area (Å²) in [6.07, 6.45) is 2.17. The fourth-order valence-electron chi connectivity index (χ4n) is 1.84. The Morgan fingerprint density at radius 3 is 2.69 bits per heavy atom. The predicted octanol–water partition coefficient (Wildman–Crippen LogP) is 1.85.